The predicted molar refractivity (Wildman–Crippen MR) is 115 cm³/mol. The minimum Gasteiger partial charge on any atom is -0.508 e. The lowest BCUT2D eigenvalue weighted by atomic mass is 9.71. The van der Waals surface area contributed by atoms with E-state index in [2.05, 4.69) is 67.5 Å². The topological polar surface area (TPSA) is 40.5 Å². The van der Waals surface area contributed by atoms with Crippen LogP contribution in [0.4, 0.5) is 0 Å². The van der Waals surface area contributed by atoms with Gasteiger partial charge in [-0.05, 0) is 75.6 Å². The maximum Gasteiger partial charge on any atom is 0.115 e. The predicted octanol–water partition coefficient (Wildman–Crippen LogP) is 6.99. The lowest BCUT2D eigenvalue weighted by Gasteiger charge is -2.33. The third kappa shape index (κ3) is 4.66. The van der Waals surface area contributed by atoms with Gasteiger partial charge < -0.3 is 10.2 Å². The summed E-state index contributed by atoms with van der Waals surface area (Å²) in [5.41, 5.74) is 4.93. The van der Waals surface area contributed by atoms with Crippen molar-refractivity contribution in [3.8, 4) is 11.5 Å². The minimum atomic E-state index is -0.0392. The van der Waals surface area contributed by atoms with E-state index in [1.165, 1.54) is 22.3 Å². The highest BCUT2D eigenvalue weighted by Crippen LogP contribution is 2.44. The first-order valence-electron chi connectivity index (χ1n) is 10.0. The van der Waals surface area contributed by atoms with E-state index in [1.54, 1.807) is 12.1 Å². The molecule has 0 saturated heterocycles. The maximum atomic E-state index is 10.1. The molecule has 2 N–H and O–H groups in total. The summed E-state index contributed by atoms with van der Waals surface area (Å²) in [6.45, 7) is 17.7. The van der Waals surface area contributed by atoms with Crippen LogP contribution >= 0.6 is 0 Å². The first-order valence-corrected chi connectivity index (χ1v) is 10.0. The van der Waals surface area contributed by atoms with E-state index in [0.717, 1.165) is 6.42 Å². The second-order valence-electron chi connectivity index (χ2n) is 9.85. The van der Waals surface area contributed by atoms with Crippen molar-refractivity contribution in [2.24, 2.45) is 0 Å². The molecule has 0 saturated carbocycles. The van der Waals surface area contributed by atoms with Crippen LogP contribution in [0.5, 0.6) is 11.5 Å². The lowest BCUT2D eigenvalue weighted by Crippen LogP contribution is -2.21. The zero-order valence-electron chi connectivity index (χ0n) is 18.2. The molecule has 0 aliphatic carbocycles. The van der Waals surface area contributed by atoms with Gasteiger partial charge in [-0.25, -0.2) is 0 Å². The van der Waals surface area contributed by atoms with Gasteiger partial charge in [-0.2, -0.15) is 0 Å². The van der Waals surface area contributed by atoms with E-state index in [4.69, 9.17) is 0 Å². The number of hydrogen-bond donors (Lipinski definition) is 2. The van der Waals surface area contributed by atoms with Crippen molar-refractivity contribution < 1.29 is 10.2 Å². The van der Waals surface area contributed by atoms with Crippen LogP contribution in [-0.4, -0.2) is 10.2 Å². The average Bonchev–Trinajstić information content (AvgIpc) is 2.54. The molecular formula is C25H36O2. The van der Waals surface area contributed by atoms with Crippen LogP contribution in [0.2, 0.25) is 0 Å². The van der Waals surface area contributed by atoms with Gasteiger partial charge in [0.2, 0.25) is 0 Å². The van der Waals surface area contributed by atoms with E-state index >= 15 is 0 Å². The van der Waals surface area contributed by atoms with E-state index in [0.29, 0.717) is 23.3 Å². The Morgan fingerprint density at radius 2 is 1.15 bits per heavy atom. The minimum absolute atomic E-state index is 0.0387. The van der Waals surface area contributed by atoms with Crippen LogP contribution in [0.15, 0.2) is 36.4 Å². The van der Waals surface area contributed by atoms with Crippen LogP contribution in [0.1, 0.15) is 95.9 Å². The van der Waals surface area contributed by atoms with Crippen molar-refractivity contribution in [3.63, 3.8) is 0 Å². The second kappa shape index (κ2) is 7.58. The van der Waals surface area contributed by atoms with Gasteiger partial charge in [0, 0.05) is 0 Å². The van der Waals surface area contributed by atoms with E-state index < -0.39 is 0 Å². The van der Waals surface area contributed by atoms with Crippen LogP contribution < -0.4 is 0 Å². The Kier molecular flexibility index (Phi) is 5.99. The van der Waals surface area contributed by atoms with Crippen LogP contribution in [0.25, 0.3) is 0 Å². The second-order valence-corrected chi connectivity index (χ2v) is 9.85. The van der Waals surface area contributed by atoms with E-state index in [1.807, 2.05) is 12.1 Å². The summed E-state index contributed by atoms with van der Waals surface area (Å²) < 4.78 is 0. The molecule has 0 aromatic heterocycles. The zero-order valence-corrected chi connectivity index (χ0v) is 18.2. The Morgan fingerprint density at radius 3 is 1.56 bits per heavy atom. The molecule has 0 bridgehead atoms. The van der Waals surface area contributed by atoms with Gasteiger partial charge >= 0.3 is 0 Å². The van der Waals surface area contributed by atoms with Crippen LogP contribution in [-0.2, 0) is 10.8 Å². The molecule has 148 valence electrons. The summed E-state index contributed by atoms with van der Waals surface area (Å²) in [4.78, 5) is 0. The van der Waals surface area contributed by atoms with Gasteiger partial charge in [0.15, 0.2) is 0 Å². The van der Waals surface area contributed by atoms with Crippen LogP contribution in [0.3, 0.4) is 0 Å². The number of benzene rings is 2. The fourth-order valence-corrected chi connectivity index (χ4v) is 4.17. The average molecular weight is 369 g/mol. The van der Waals surface area contributed by atoms with E-state index in [-0.39, 0.29) is 10.8 Å². The normalized spacial score (nSPS) is 14.8. The fraction of sp³-hybridized carbons (Fsp3) is 0.520. The summed E-state index contributed by atoms with van der Waals surface area (Å²) in [5, 5.41) is 20.1. The molecular weight excluding hydrogens is 332 g/mol. The molecule has 2 rings (SSSR count). The SMILES string of the molecule is CCC(c1ccc(O)cc1C(C)(C)C)C(C)c1ccc(O)cc1C(C)(C)C. The van der Waals surface area contributed by atoms with Crippen LogP contribution in [0, 0.1) is 0 Å². The third-order valence-corrected chi connectivity index (χ3v) is 5.62. The zero-order chi connectivity index (χ0) is 20.6. The highest BCUT2D eigenvalue weighted by atomic mass is 16.3. The number of phenolic OH excluding ortho intramolecular Hbond substituents is 2. The highest BCUT2D eigenvalue weighted by molar-refractivity contribution is 5.46. The monoisotopic (exact) mass is 368 g/mol. The van der Waals surface area contributed by atoms with E-state index in [9.17, 15) is 10.2 Å². The van der Waals surface area contributed by atoms with Gasteiger partial charge in [-0.3, -0.25) is 0 Å². The standard InChI is InChI=1S/C25H36O2/c1-9-19(21-13-11-18(27)15-23(21)25(6,7)8)16(2)20-12-10-17(26)14-22(20)24(3,4)5/h10-16,19,26-27H,9H2,1-8H3. The summed E-state index contributed by atoms with van der Waals surface area (Å²) >= 11 is 0. The molecule has 0 spiro atoms. The first kappa shape index (κ1) is 21.3. The molecule has 0 aliphatic heterocycles. The van der Waals surface area contributed by atoms with Crippen molar-refractivity contribution in [2.45, 2.75) is 84.5 Å². The van der Waals surface area contributed by atoms with Crippen molar-refractivity contribution >= 4 is 0 Å². The molecule has 2 atom stereocenters. The fourth-order valence-electron chi connectivity index (χ4n) is 4.17. The molecule has 2 unspecified atom stereocenters. The first-order chi connectivity index (χ1) is 12.4. The number of phenols is 2. The highest BCUT2D eigenvalue weighted by Gasteiger charge is 2.29. The maximum absolute atomic E-state index is 10.1. The Bertz CT molecular complexity index is 791. The van der Waals surface area contributed by atoms with Crippen molar-refractivity contribution in [1.82, 2.24) is 0 Å². The molecule has 2 aromatic carbocycles. The Labute approximate surface area is 165 Å². The van der Waals surface area contributed by atoms with Gasteiger partial charge in [-0.15, -0.1) is 0 Å². The Hall–Kier alpha value is -1.96. The smallest absolute Gasteiger partial charge is 0.115 e. The molecule has 0 aliphatic rings. The molecule has 2 heteroatoms. The molecule has 2 aromatic rings. The molecule has 2 nitrogen and oxygen atoms in total. The summed E-state index contributed by atoms with van der Waals surface area (Å²) in [6, 6.07) is 11.6. The summed E-state index contributed by atoms with van der Waals surface area (Å²) in [7, 11) is 0. The van der Waals surface area contributed by atoms with Crippen molar-refractivity contribution in [2.75, 3.05) is 0 Å². The molecule has 0 heterocycles. The lowest BCUT2D eigenvalue weighted by molar-refractivity contribution is 0.462. The number of rotatable bonds is 4. The quantitative estimate of drug-likeness (QED) is 0.610. The third-order valence-electron chi connectivity index (χ3n) is 5.62. The van der Waals surface area contributed by atoms with Gasteiger partial charge in [0.1, 0.15) is 11.5 Å². The van der Waals surface area contributed by atoms with Gasteiger partial charge in [0.05, 0.1) is 0 Å². The van der Waals surface area contributed by atoms with Gasteiger partial charge in [0.25, 0.3) is 0 Å². The molecule has 0 radical (unpaired) electrons. The number of hydrogen-bond acceptors (Lipinski definition) is 2. The summed E-state index contributed by atoms with van der Waals surface area (Å²) in [6.07, 6.45) is 1.01. The summed E-state index contributed by atoms with van der Waals surface area (Å²) in [5.74, 6) is 1.29. The largest absolute Gasteiger partial charge is 0.508 e. The molecule has 27 heavy (non-hydrogen) atoms. The van der Waals surface area contributed by atoms with Crippen molar-refractivity contribution in [1.29, 1.82) is 0 Å². The number of aromatic hydroxyl groups is 2. The van der Waals surface area contributed by atoms with Gasteiger partial charge in [-0.1, -0.05) is 67.5 Å². The molecule has 0 amide bonds. The Morgan fingerprint density at radius 1 is 0.741 bits per heavy atom. The Balaban J connectivity index is 2.61. The molecule has 0 fully saturated rings. The van der Waals surface area contributed by atoms with Crippen molar-refractivity contribution in [3.05, 3.63) is 58.7 Å².